The van der Waals surface area contributed by atoms with Crippen molar-refractivity contribution < 1.29 is 36.0 Å². The number of Topliss-reactive ketones (excluding diaryl/α,β-unsaturated/α-hetero) is 1. The zero-order valence-electron chi connectivity index (χ0n) is 21.2. The quantitative estimate of drug-likeness (QED) is 0.538. The molecule has 0 saturated carbocycles. The fourth-order valence-electron chi connectivity index (χ4n) is 5.25. The number of likely N-dealkylation sites (tertiary alicyclic amines) is 1. The van der Waals surface area contributed by atoms with Crippen LogP contribution < -0.4 is 4.90 Å². The summed E-state index contributed by atoms with van der Waals surface area (Å²) in [5.41, 5.74) is -0.894. The summed E-state index contributed by atoms with van der Waals surface area (Å²) >= 11 is 0. The van der Waals surface area contributed by atoms with Gasteiger partial charge >= 0.3 is 12.2 Å². The Kier molecular flexibility index (Phi) is 6.70. The van der Waals surface area contributed by atoms with E-state index in [1.54, 1.807) is 0 Å². The lowest BCUT2D eigenvalue weighted by atomic mass is 9.92. The topological polar surface area (TPSA) is 119 Å². The molecule has 13 heteroatoms. The molecule has 2 heterocycles. The number of rotatable bonds is 5. The fraction of sp³-hybridized carbons (Fsp3) is 0.333. The van der Waals surface area contributed by atoms with Crippen molar-refractivity contribution in [3.05, 3.63) is 70.4 Å². The van der Waals surface area contributed by atoms with Crippen molar-refractivity contribution in [2.24, 2.45) is 0 Å². The van der Waals surface area contributed by atoms with E-state index in [0.717, 1.165) is 46.7 Å². The van der Waals surface area contributed by atoms with Crippen molar-refractivity contribution in [1.82, 2.24) is 9.80 Å². The zero-order valence-corrected chi connectivity index (χ0v) is 22.1. The van der Waals surface area contributed by atoms with E-state index < -0.39 is 51.9 Å². The maximum absolute atomic E-state index is 14.1. The van der Waals surface area contributed by atoms with Gasteiger partial charge in [-0.3, -0.25) is 14.5 Å². The van der Waals surface area contributed by atoms with Crippen molar-refractivity contribution in [2.75, 3.05) is 30.8 Å². The van der Waals surface area contributed by atoms with Gasteiger partial charge < -0.3 is 9.80 Å². The number of carbonyl (C=O) groups excluding carboxylic acids is 3. The summed E-state index contributed by atoms with van der Waals surface area (Å²) < 4.78 is 66.3. The fourth-order valence-corrected chi connectivity index (χ4v) is 6.20. The van der Waals surface area contributed by atoms with Crippen molar-refractivity contribution in [3.63, 3.8) is 0 Å². The molecule has 208 valence electrons. The second-order valence-electron chi connectivity index (χ2n) is 9.85. The van der Waals surface area contributed by atoms with E-state index in [2.05, 4.69) is 0 Å². The van der Waals surface area contributed by atoms with E-state index in [1.165, 1.54) is 23.1 Å². The van der Waals surface area contributed by atoms with E-state index in [0.29, 0.717) is 13.1 Å². The first-order valence-corrected chi connectivity index (χ1v) is 14.3. The molecule has 0 radical (unpaired) electrons. The predicted octanol–water partition coefficient (Wildman–Crippen LogP) is 3.81. The number of ketones is 1. The Morgan fingerprint density at radius 3 is 2.42 bits per heavy atom. The molecule has 0 N–H and O–H groups in total. The number of anilines is 1. The highest BCUT2D eigenvalue weighted by Crippen LogP contribution is 2.47. The van der Waals surface area contributed by atoms with Crippen molar-refractivity contribution in [2.45, 2.75) is 36.4 Å². The summed E-state index contributed by atoms with van der Waals surface area (Å²) in [6, 6.07) is 7.63. The number of alkyl halides is 3. The van der Waals surface area contributed by atoms with Crippen LogP contribution in [0.5, 0.6) is 0 Å². The lowest BCUT2D eigenvalue weighted by Crippen LogP contribution is -2.55. The van der Waals surface area contributed by atoms with Gasteiger partial charge in [0.15, 0.2) is 15.6 Å². The van der Waals surface area contributed by atoms with Gasteiger partial charge in [-0.05, 0) is 48.7 Å². The molecule has 1 saturated heterocycles. The van der Waals surface area contributed by atoms with Crippen molar-refractivity contribution in [3.8, 4) is 6.07 Å². The van der Waals surface area contributed by atoms with E-state index in [4.69, 9.17) is 0 Å². The predicted molar refractivity (Wildman–Crippen MR) is 135 cm³/mol. The first-order chi connectivity index (χ1) is 18.8. The van der Waals surface area contributed by atoms with Gasteiger partial charge in [0.05, 0.1) is 33.8 Å². The number of urea groups is 1. The van der Waals surface area contributed by atoms with Gasteiger partial charge in [-0.25, -0.2) is 13.2 Å². The molecule has 1 atom stereocenters. The molecule has 2 aromatic rings. The van der Waals surface area contributed by atoms with Crippen LogP contribution in [0.4, 0.5) is 23.7 Å². The highest BCUT2D eigenvalue weighted by molar-refractivity contribution is 7.90. The van der Waals surface area contributed by atoms with Crippen LogP contribution in [0, 0.1) is 11.3 Å². The Hall–Kier alpha value is -4.18. The Labute approximate surface area is 228 Å². The summed E-state index contributed by atoms with van der Waals surface area (Å²) in [6.45, 7) is 0.384. The number of nitriles is 1. The maximum Gasteiger partial charge on any atom is 0.416 e. The highest BCUT2D eigenvalue weighted by atomic mass is 32.2. The molecule has 1 unspecified atom stereocenters. The van der Waals surface area contributed by atoms with Crippen LogP contribution in [0.2, 0.25) is 0 Å². The van der Waals surface area contributed by atoms with E-state index in [-0.39, 0.29) is 45.8 Å². The van der Waals surface area contributed by atoms with Gasteiger partial charge in [0.2, 0.25) is 5.91 Å². The molecule has 0 spiro atoms. The minimum Gasteiger partial charge on any atom is -0.341 e. The first-order valence-electron chi connectivity index (χ1n) is 12.4. The summed E-state index contributed by atoms with van der Waals surface area (Å²) in [5, 5.41) is 9.36. The van der Waals surface area contributed by atoms with Crippen LogP contribution in [0.1, 0.15) is 42.0 Å². The minimum absolute atomic E-state index is 0.0256. The van der Waals surface area contributed by atoms with E-state index >= 15 is 0 Å². The molecule has 1 aliphatic carbocycles. The molecule has 3 aliphatic rings. The van der Waals surface area contributed by atoms with Crippen LogP contribution >= 0.6 is 0 Å². The van der Waals surface area contributed by atoms with Crippen LogP contribution in [0.15, 0.2) is 58.6 Å². The van der Waals surface area contributed by atoms with Crippen LogP contribution in [-0.4, -0.2) is 61.8 Å². The molecule has 1 fully saturated rings. The number of carbonyl (C=O) groups is 3. The standard InChI is InChI=1S/C27H23F3N4O5S/c1-40(38,39)22-12-16(14-31)6-7-19(22)25-24-20(8-9-21(24)35)34(18-5-2-4-17(13-18)27(28,29)30)26(37)33(25)15-23(36)32-10-3-11-32/h2,4-7,12-13,25H,3,8-11,15H2,1H3. The zero-order chi connectivity index (χ0) is 29.0. The summed E-state index contributed by atoms with van der Waals surface area (Å²) in [5.74, 6) is -0.868. The molecule has 3 amide bonds. The molecular weight excluding hydrogens is 549 g/mol. The third kappa shape index (κ3) is 4.72. The molecule has 0 aromatic heterocycles. The number of benzene rings is 2. The first kappa shape index (κ1) is 27.4. The third-order valence-corrected chi connectivity index (χ3v) is 8.43. The van der Waals surface area contributed by atoms with Crippen molar-refractivity contribution in [1.29, 1.82) is 5.26 Å². The number of nitrogens with zero attached hydrogens (tertiary/aromatic N) is 4. The highest BCUT2D eigenvalue weighted by Gasteiger charge is 2.48. The molecular formula is C27H23F3N4O5S. The Balaban J connectivity index is 1.74. The average Bonchev–Trinajstić information content (AvgIpc) is 3.23. The lowest BCUT2D eigenvalue weighted by molar-refractivity contribution is -0.137. The van der Waals surface area contributed by atoms with E-state index in [9.17, 15) is 41.2 Å². The molecule has 0 bridgehead atoms. The monoisotopic (exact) mass is 572 g/mol. The molecule has 5 rings (SSSR count). The lowest BCUT2D eigenvalue weighted by Gasteiger charge is -2.43. The van der Waals surface area contributed by atoms with Gasteiger partial charge in [0, 0.05) is 37.0 Å². The van der Waals surface area contributed by atoms with Gasteiger partial charge in [-0.2, -0.15) is 18.4 Å². The van der Waals surface area contributed by atoms with Crippen LogP contribution in [0.3, 0.4) is 0 Å². The maximum atomic E-state index is 14.1. The minimum atomic E-state index is -4.69. The van der Waals surface area contributed by atoms with Crippen LogP contribution in [0.25, 0.3) is 0 Å². The number of sulfone groups is 1. The van der Waals surface area contributed by atoms with Gasteiger partial charge in [0.1, 0.15) is 6.54 Å². The third-order valence-electron chi connectivity index (χ3n) is 7.27. The van der Waals surface area contributed by atoms with E-state index in [1.807, 2.05) is 6.07 Å². The number of hydrogen-bond donors (Lipinski definition) is 0. The molecule has 9 nitrogen and oxygen atoms in total. The van der Waals surface area contributed by atoms with Gasteiger partial charge in [-0.15, -0.1) is 0 Å². The normalized spacial score (nSPS) is 19.5. The smallest absolute Gasteiger partial charge is 0.341 e. The number of halogens is 3. The summed E-state index contributed by atoms with van der Waals surface area (Å²) in [4.78, 5) is 43.8. The van der Waals surface area contributed by atoms with Crippen molar-refractivity contribution >= 4 is 33.2 Å². The molecule has 2 aromatic carbocycles. The van der Waals surface area contributed by atoms with Gasteiger partial charge in [0.25, 0.3) is 0 Å². The summed E-state index contributed by atoms with van der Waals surface area (Å²) in [6.07, 6.45) is -3.03. The SMILES string of the molecule is CS(=O)(=O)c1cc(C#N)ccc1C1C2=C(CCC2=O)N(c2cccc(C(F)(F)F)c2)C(=O)N1CC(=O)N1CCC1. The van der Waals surface area contributed by atoms with Crippen LogP contribution in [-0.2, 0) is 25.6 Å². The number of amides is 3. The Morgan fingerprint density at radius 1 is 1.10 bits per heavy atom. The summed E-state index contributed by atoms with van der Waals surface area (Å²) in [7, 11) is -3.99. The largest absolute Gasteiger partial charge is 0.416 e. The second kappa shape index (κ2) is 9.78. The Bertz CT molecular complexity index is 1620. The number of allylic oxidation sites excluding steroid dienone is 1. The number of hydrogen-bond acceptors (Lipinski definition) is 6. The average molecular weight is 573 g/mol. The molecule has 2 aliphatic heterocycles. The second-order valence-corrected chi connectivity index (χ2v) is 11.8. The van der Waals surface area contributed by atoms with Gasteiger partial charge in [-0.1, -0.05) is 12.1 Å². The Morgan fingerprint density at radius 2 is 1.82 bits per heavy atom. The molecule has 40 heavy (non-hydrogen) atoms.